The van der Waals surface area contributed by atoms with Gasteiger partial charge in [-0.1, -0.05) is 42.0 Å². The first kappa shape index (κ1) is 21.5. The fraction of sp³-hybridized carbons (Fsp3) is 0.241. The van der Waals surface area contributed by atoms with Gasteiger partial charge in [0.1, 0.15) is 0 Å². The molecule has 0 aliphatic heterocycles. The van der Waals surface area contributed by atoms with Crippen LogP contribution in [0.3, 0.4) is 0 Å². The highest BCUT2D eigenvalue weighted by Gasteiger charge is 2.21. The number of fused-ring (bicyclic) bond motifs is 5. The number of aryl methyl sites for hydroxylation is 1. The minimum absolute atomic E-state index is 0.300. The molecule has 33 heavy (non-hydrogen) atoms. The molecule has 2 aliphatic rings. The number of hydrogen-bond donors (Lipinski definition) is 0. The molecular weight excluding hydrogens is 408 g/mol. The van der Waals surface area contributed by atoms with E-state index in [0.29, 0.717) is 0 Å². The van der Waals surface area contributed by atoms with E-state index < -0.39 is 0 Å². The molecule has 166 valence electrons. The number of allylic oxidation sites excluding steroid dienone is 4. The van der Waals surface area contributed by atoms with Crippen LogP contribution in [-0.2, 0) is 15.9 Å². The van der Waals surface area contributed by atoms with Crippen LogP contribution in [0.25, 0.3) is 27.4 Å². The van der Waals surface area contributed by atoms with Crippen molar-refractivity contribution in [1.82, 2.24) is 9.97 Å². The van der Waals surface area contributed by atoms with Gasteiger partial charge in [0.25, 0.3) is 0 Å². The third-order valence-corrected chi connectivity index (χ3v) is 6.48. The van der Waals surface area contributed by atoms with Crippen molar-refractivity contribution in [1.29, 1.82) is 0 Å². The van der Waals surface area contributed by atoms with E-state index in [4.69, 9.17) is 9.47 Å². The zero-order valence-electron chi connectivity index (χ0n) is 19.1. The van der Waals surface area contributed by atoms with Crippen molar-refractivity contribution in [3.8, 4) is 0 Å². The SMILES string of the molecule is COC(OC)c1ccc2c3c(ccc2c1)C1=C(CCC=C1)CC3.c1cnc2ncccc2c1. The van der Waals surface area contributed by atoms with Crippen LogP contribution in [0, 0.1) is 0 Å². The van der Waals surface area contributed by atoms with Crippen LogP contribution in [0.4, 0.5) is 0 Å². The Bertz CT molecular complexity index is 1290. The van der Waals surface area contributed by atoms with Crippen molar-refractivity contribution in [3.05, 3.63) is 101 Å². The molecule has 0 fully saturated rings. The maximum atomic E-state index is 5.38. The number of hydrogen-bond acceptors (Lipinski definition) is 4. The molecule has 4 heteroatoms. The van der Waals surface area contributed by atoms with Crippen molar-refractivity contribution in [2.24, 2.45) is 0 Å². The highest BCUT2D eigenvalue weighted by Crippen LogP contribution is 2.40. The van der Waals surface area contributed by atoms with Crippen LogP contribution < -0.4 is 0 Å². The van der Waals surface area contributed by atoms with Gasteiger partial charge < -0.3 is 9.47 Å². The van der Waals surface area contributed by atoms with Gasteiger partial charge in [-0.05, 0) is 83.5 Å². The van der Waals surface area contributed by atoms with E-state index in [1.807, 2.05) is 24.3 Å². The lowest BCUT2D eigenvalue weighted by molar-refractivity contribution is -0.105. The monoisotopic (exact) mass is 436 g/mol. The zero-order chi connectivity index (χ0) is 22.6. The molecule has 2 aliphatic carbocycles. The Balaban J connectivity index is 0.000000190. The molecule has 2 aromatic heterocycles. The number of methoxy groups -OCH3 is 2. The van der Waals surface area contributed by atoms with E-state index in [1.165, 1.54) is 46.7 Å². The lowest BCUT2D eigenvalue weighted by Gasteiger charge is -2.25. The summed E-state index contributed by atoms with van der Waals surface area (Å²) >= 11 is 0. The number of pyridine rings is 2. The van der Waals surface area contributed by atoms with Gasteiger partial charge in [0.15, 0.2) is 11.9 Å². The average Bonchev–Trinajstić information content (AvgIpc) is 2.89. The number of rotatable bonds is 3. The van der Waals surface area contributed by atoms with Gasteiger partial charge in [0.2, 0.25) is 0 Å². The Hall–Kier alpha value is -3.34. The number of ether oxygens (including phenoxy) is 2. The maximum Gasteiger partial charge on any atom is 0.183 e. The summed E-state index contributed by atoms with van der Waals surface area (Å²) in [5.74, 6) is 0. The number of nitrogens with zero attached hydrogens (tertiary/aromatic N) is 2. The molecule has 4 nitrogen and oxygen atoms in total. The molecule has 2 heterocycles. The van der Waals surface area contributed by atoms with Crippen molar-refractivity contribution >= 4 is 27.4 Å². The molecule has 0 unspecified atom stereocenters. The quantitative estimate of drug-likeness (QED) is 0.331. The number of aromatic nitrogens is 2. The van der Waals surface area contributed by atoms with Crippen LogP contribution in [-0.4, -0.2) is 24.2 Å². The van der Waals surface area contributed by atoms with Gasteiger partial charge in [0, 0.05) is 37.6 Å². The highest BCUT2D eigenvalue weighted by atomic mass is 16.7. The van der Waals surface area contributed by atoms with Crippen molar-refractivity contribution in [3.63, 3.8) is 0 Å². The summed E-state index contributed by atoms with van der Waals surface area (Å²) in [6.45, 7) is 0. The van der Waals surface area contributed by atoms with Crippen LogP contribution in [0.2, 0.25) is 0 Å². The number of benzene rings is 2. The molecule has 0 amide bonds. The molecule has 0 N–H and O–H groups in total. The van der Waals surface area contributed by atoms with Gasteiger partial charge in [-0.2, -0.15) is 0 Å². The summed E-state index contributed by atoms with van der Waals surface area (Å²) in [6, 6.07) is 18.9. The molecule has 2 aromatic carbocycles. The van der Waals surface area contributed by atoms with Crippen LogP contribution in [0.5, 0.6) is 0 Å². The summed E-state index contributed by atoms with van der Waals surface area (Å²) in [4.78, 5) is 8.14. The molecule has 0 atom stereocenters. The van der Waals surface area contributed by atoms with Crippen LogP contribution in [0.15, 0.2) is 84.7 Å². The molecule has 0 radical (unpaired) electrons. The lowest BCUT2D eigenvalue weighted by atomic mass is 9.79. The standard InChI is InChI=1S/C21H22O2.C8H6N2/c1-22-21(23-2)16-9-10-18-15(13-16)8-12-19-17-6-4-3-5-14(17)7-11-20(18)19;1-3-7-4-2-6-10-8(7)9-5-1/h4,6,8-10,12-13,21H,3,5,7,11H2,1-2H3;1-6H. The topological polar surface area (TPSA) is 44.2 Å². The summed E-state index contributed by atoms with van der Waals surface area (Å²) in [7, 11) is 3.35. The molecule has 0 saturated carbocycles. The van der Waals surface area contributed by atoms with E-state index in [-0.39, 0.29) is 6.29 Å². The third-order valence-electron chi connectivity index (χ3n) is 6.48. The molecule has 6 rings (SSSR count). The van der Waals surface area contributed by atoms with E-state index in [9.17, 15) is 0 Å². The van der Waals surface area contributed by atoms with Crippen molar-refractivity contribution in [2.45, 2.75) is 32.0 Å². The van der Waals surface area contributed by atoms with Gasteiger partial charge >= 0.3 is 0 Å². The summed E-state index contributed by atoms with van der Waals surface area (Å²) in [6.07, 6.45) is 12.6. The van der Waals surface area contributed by atoms with Crippen LogP contribution >= 0.6 is 0 Å². The summed E-state index contributed by atoms with van der Waals surface area (Å²) in [5.41, 5.74) is 7.90. The minimum Gasteiger partial charge on any atom is -0.352 e. The van der Waals surface area contributed by atoms with Gasteiger partial charge in [-0.25, -0.2) is 9.97 Å². The van der Waals surface area contributed by atoms with Gasteiger partial charge in [-0.3, -0.25) is 0 Å². The first-order valence-corrected chi connectivity index (χ1v) is 11.4. The largest absolute Gasteiger partial charge is 0.352 e. The first-order chi connectivity index (χ1) is 16.3. The predicted molar refractivity (Wildman–Crippen MR) is 134 cm³/mol. The van der Waals surface area contributed by atoms with E-state index in [2.05, 4.69) is 52.5 Å². The van der Waals surface area contributed by atoms with Gasteiger partial charge in [0.05, 0.1) is 0 Å². The fourth-order valence-electron chi connectivity index (χ4n) is 4.88. The van der Waals surface area contributed by atoms with E-state index >= 15 is 0 Å². The predicted octanol–water partition coefficient (Wildman–Crippen LogP) is 6.81. The second kappa shape index (κ2) is 9.65. The molecule has 0 spiro atoms. The first-order valence-electron chi connectivity index (χ1n) is 11.4. The van der Waals surface area contributed by atoms with E-state index in [1.54, 1.807) is 32.2 Å². The van der Waals surface area contributed by atoms with Crippen molar-refractivity contribution in [2.75, 3.05) is 14.2 Å². The Morgan fingerprint density at radius 2 is 1.61 bits per heavy atom. The maximum absolute atomic E-state index is 5.38. The van der Waals surface area contributed by atoms with Crippen LogP contribution in [0.1, 0.15) is 42.2 Å². The molecule has 4 aromatic rings. The Labute approximate surface area is 194 Å². The Morgan fingerprint density at radius 1 is 0.818 bits per heavy atom. The van der Waals surface area contributed by atoms with Gasteiger partial charge in [-0.15, -0.1) is 0 Å². The smallest absolute Gasteiger partial charge is 0.183 e. The molecular formula is C29H28N2O2. The van der Waals surface area contributed by atoms with E-state index in [0.717, 1.165) is 23.0 Å². The zero-order valence-corrected chi connectivity index (χ0v) is 19.1. The Morgan fingerprint density at radius 3 is 2.33 bits per heavy atom. The van der Waals surface area contributed by atoms with Crippen molar-refractivity contribution < 1.29 is 9.47 Å². The molecule has 0 saturated heterocycles. The normalized spacial score (nSPS) is 14.8. The fourth-order valence-corrected chi connectivity index (χ4v) is 4.88. The average molecular weight is 437 g/mol. The second-order valence-electron chi connectivity index (χ2n) is 8.39. The summed E-state index contributed by atoms with van der Waals surface area (Å²) < 4.78 is 10.8. The lowest BCUT2D eigenvalue weighted by Crippen LogP contribution is -2.07. The molecule has 0 bridgehead atoms. The minimum atomic E-state index is -0.300. The Kier molecular flexibility index (Phi) is 6.29. The second-order valence-corrected chi connectivity index (χ2v) is 8.39. The third kappa shape index (κ3) is 4.32. The highest BCUT2D eigenvalue weighted by molar-refractivity contribution is 5.94. The summed E-state index contributed by atoms with van der Waals surface area (Å²) in [5, 5.41) is 3.72.